The zero-order valence-electron chi connectivity index (χ0n) is 10.3. The molecule has 0 atom stereocenters. The van der Waals surface area contributed by atoms with E-state index in [1.165, 1.54) is 5.56 Å². The molecule has 0 fully saturated rings. The summed E-state index contributed by atoms with van der Waals surface area (Å²) in [5.41, 5.74) is 2.37. The number of anilines is 2. The fraction of sp³-hybridized carbons (Fsp3) is 0.333. The Morgan fingerprint density at radius 3 is 2.47 bits per heavy atom. The summed E-state index contributed by atoms with van der Waals surface area (Å²) in [5.74, 6) is 0.835. The van der Waals surface area contributed by atoms with Gasteiger partial charge in [-0.25, -0.2) is 5.10 Å². The molecule has 0 saturated carbocycles. The molecule has 0 aliphatic rings. The summed E-state index contributed by atoms with van der Waals surface area (Å²) < 4.78 is 2.50. The largest absolute Gasteiger partial charge is 0.311 e. The van der Waals surface area contributed by atoms with E-state index in [1.807, 2.05) is 11.6 Å². The number of aryl methyl sites for hydroxylation is 1. The smallest absolute Gasteiger partial charge is 0.229 e. The van der Waals surface area contributed by atoms with Gasteiger partial charge in [0.25, 0.3) is 0 Å². The molecule has 0 amide bonds. The fourth-order valence-corrected chi connectivity index (χ4v) is 1.87. The first kappa shape index (κ1) is 11.9. The summed E-state index contributed by atoms with van der Waals surface area (Å²) in [6.45, 7) is 5.02. The van der Waals surface area contributed by atoms with Crippen LogP contribution in [0.25, 0.3) is 0 Å². The van der Waals surface area contributed by atoms with Crippen LogP contribution in [0.2, 0.25) is 0 Å². The molecule has 1 N–H and O–H groups in total. The normalized spacial score (nSPS) is 10.5. The summed E-state index contributed by atoms with van der Waals surface area (Å²) >= 11 is 5.13. The van der Waals surface area contributed by atoms with Gasteiger partial charge in [0.15, 0.2) is 4.77 Å². The third kappa shape index (κ3) is 2.24. The van der Waals surface area contributed by atoms with Gasteiger partial charge < -0.3 is 4.90 Å². The van der Waals surface area contributed by atoms with Crippen molar-refractivity contribution < 1.29 is 0 Å². The Morgan fingerprint density at radius 2 is 2.00 bits per heavy atom. The zero-order chi connectivity index (χ0) is 12.4. The molecule has 2 rings (SSSR count). The number of hydrogen-bond acceptors (Lipinski definition) is 3. The highest BCUT2D eigenvalue weighted by Crippen LogP contribution is 2.22. The Morgan fingerprint density at radius 1 is 1.35 bits per heavy atom. The Balaban J connectivity index is 2.43. The van der Waals surface area contributed by atoms with Crippen LogP contribution in [-0.2, 0) is 7.05 Å². The molecule has 1 aromatic heterocycles. The lowest BCUT2D eigenvalue weighted by molar-refractivity contribution is 0.843. The van der Waals surface area contributed by atoms with Gasteiger partial charge in [-0.2, -0.15) is 0 Å². The lowest BCUT2D eigenvalue weighted by Gasteiger charge is -2.21. The van der Waals surface area contributed by atoms with Crippen molar-refractivity contribution >= 4 is 23.9 Å². The van der Waals surface area contributed by atoms with Gasteiger partial charge in [0.1, 0.15) is 0 Å². The molecule has 5 heteroatoms. The van der Waals surface area contributed by atoms with Crippen LogP contribution < -0.4 is 4.90 Å². The average molecular weight is 248 g/mol. The number of rotatable bonds is 3. The number of aromatic nitrogens is 3. The molecule has 1 heterocycles. The summed E-state index contributed by atoms with van der Waals surface area (Å²) in [7, 11) is 1.91. The number of nitrogens with one attached hydrogen (secondary N) is 1. The molecule has 4 nitrogen and oxygen atoms in total. The predicted octanol–water partition coefficient (Wildman–Crippen LogP) is 2.94. The molecular formula is C12H16N4S. The summed E-state index contributed by atoms with van der Waals surface area (Å²) in [6.07, 6.45) is 0. The van der Waals surface area contributed by atoms with Crippen molar-refractivity contribution in [1.82, 2.24) is 14.8 Å². The molecule has 0 saturated heterocycles. The fourth-order valence-electron chi connectivity index (χ4n) is 1.74. The molecule has 0 aliphatic carbocycles. The van der Waals surface area contributed by atoms with Crippen molar-refractivity contribution in [2.45, 2.75) is 13.8 Å². The minimum absolute atomic E-state index is 0.630. The van der Waals surface area contributed by atoms with E-state index in [9.17, 15) is 0 Å². The number of H-pyrrole nitrogens is 1. The van der Waals surface area contributed by atoms with E-state index < -0.39 is 0 Å². The minimum Gasteiger partial charge on any atom is -0.311 e. The zero-order valence-corrected chi connectivity index (χ0v) is 11.1. The van der Waals surface area contributed by atoms with Gasteiger partial charge in [0.2, 0.25) is 5.95 Å². The van der Waals surface area contributed by atoms with Crippen LogP contribution in [0.4, 0.5) is 11.6 Å². The number of aromatic amines is 1. The van der Waals surface area contributed by atoms with Gasteiger partial charge in [0.05, 0.1) is 0 Å². The monoisotopic (exact) mass is 248 g/mol. The van der Waals surface area contributed by atoms with Crippen LogP contribution in [0, 0.1) is 11.7 Å². The van der Waals surface area contributed by atoms with Gasteiger partial charge in [-0.15, -0.1) is 5.10 Å². The Kier molecular flexibility index (Phi) is 3.28. The van der Waals surface area contributed by atoms with E-state index in [4.69, 9.17) is 12.2 Å². The summed E-state index contributed by atoms with van der Waals surface area (Å²) in [4.78, 5) is 2.12. The standard InChI is InChI=1S/C12H16N4S/c1-4-16(10-7-5-9(2)6-8-10)11-13-14-12(17)15(11)3/h5-8H,4H2,1-3H3,(H,14,17). The van der Waals surface area contributed by atoms with Crippen LogP contribution >= 0.6 is 12.2 Å². The molecule has 17 heavy (non-hydrogen) atoms. The second kappa shape index (κ2) is 4.71. The second-order valence-corrected chi connectivity index (χ2v) is 4.35. The van der Waals surface area contributed by atoms with E-state index in [-0.39, 0.29) is 0 Å². The van der Waals surface area contributed by atoms with Crippen LogP contribution in [-0.4, -0.2) is 21.3 Å². The van der Waals surface area contributed by atoms with E-state index >= 15 is 0 Å². The first-order chi connectivity index (χ1) is 8.13. The second-order valence-electron chi connectivity index (χ2n) is 3.97. The highest BCUT2D eigenvalue weighted by Gasteiger charge is 2.12. The summed E-state index contributed by atoms with van der Waals surface area (Å²) in [6, 6.07) is 8.38. The minimum atomic E-state index is 0.630. The maximum absolute atomic E-state index is 5.13. The van der Waals surface area contributed by atoms with E-state index in [1.54, 1.807) is 0 Å². The Bertz CT molecular complexity index is 553. The maximum Gasteiger partial charge on any atom is 0.229 e. The van der Waals surface area contributed by atoms with Gasteiger partial charge in [-0.05, 0) is 38.2 Å². The Hall–Kier alpha value is -1.62. The average Bonchev–Trinajstić information content (AvgIpc) is 2.65. The van der Waals surface area contributed by atoms with Crippen LogP contribution in [0.5, 0.6) is 0 Å². The van der Waals surface area contributed by atoms with Crippen LogP contribution in [0.15, 0.2) is 24.3 Å². The quantitative estimate of drug-likeness (QED) is 0.848. The summed E-state index contributed by atoms with van der Waals surface area (Å²) in [5, 5.41) is 7.06. The van der Waals surface area contributed by atoms with Crippen LogP contribution in [0.1, 0.15) is 12.5 Å². The third-order valence-corrected chi connectivity index (χ3v) is 3.12. The molecule has 0 unspecified atom stereocenters. The van der Waals surface area contributed by atoms with Crippen molar-refractivity contribution in [3.63, 3.8) is 0 Å². The molecule has 1 aromatic carbocycles. The molecule has 0 radical (unpaired) electrons. The van der Waals surface area contributed by atoms with E-state index in [0.29, 0.717) is 4.77 Å². The first-order valence-corrected chi connectivity index (χ1v) is 6.00. The first-order valence-electron chi connectivity index (χ1n) is 5.59. The van der Waals surface area contributed by atoms with Gasteiger partial charge in [-0.3, -0.25) is 4.57 Å². The lowest BCUT2D eigenvalue weighted by Crippen LogP contribution is -2.19. The van der Waals surface area contributed by atoms with Gasteiger partial charge in [-0.1, -0.05) is 17.7 Å². The third-order valence-electron chi connectivity index (χ3n) is 2.76. The maximum atomic E-state index is 5.13. The van der Waals surface area contributed by atoms with Crippen molar-refractivity contribution in [2.24, 2.45) is 7.05 Å². The van der Waals surface area contributed by atoms with Crippen molar-refractivity contribution in [1.29, 1.82) is 0 Å². The molecule has 0 bridgehead atoms. The number of nitrogens with zero attached hydrogens (tertiary/aromatic N) is 3. The number of hydrogen-bond donors (Lipinski definition) is 1. The molecule has 90 valence electrons. The van der Waals surface area contributed by atoms with Gasteiger partial charge >= 0.3 is 0 Å². The topological polar surface area (TPSA) is 36.9 Å². The van der Waals surface area contributed by atoms with Crippen molar-refractivity contribution in [3.05, 3.63) is 34.6 Å². The highest BCUT2D eigenvalue weighted by atomic mass is 32.1. The van der Waals surface area contributed by atoms with Crippen LogP contribution in [0.3, 0.4) is 0 Å². The number of benzene rings is 1. The molecular weight excluding hydrogens is 232 g/mol. The Labute approximate surface area is 106 Å². The van der Waals surface area contributed by atoms with Crippen molar-refractivity contribution in [3.8, 4) is 0 Å². The SMILES string of the molecule is CCN(c1ccc(C)cc1)c1n[nH]c(=S)n1C. The van der Waals surface area contributed by atoms with E-state index in [0.717, 1.165) is 18.2 Å². The molecule has 2 aromatic rings. The van der Waals surface area contributed by atoms with Crippen molar-refractivity contribution in [2.75, 3.05) is 11.4 Å². The molecule has 0 aliphatic heterocycles. The van der Waals surface area contributed by atoms with Gasteiger partial charge in [0, 0.05) is 19.3 Å². The van der Waals surface area contributed by atoms with E-state index in [2.05, 4.69) is 53.2 Å². The predicted molar refractivity (Wildman–Crippen MR) is 72.3 cm³/mol. The lowest BCUT2D eigenvalue weighted by atomic mass is 10.2. The molecule has 0 spiro atoms. The highest BCUT2D eigenvalue weighted by molar-refractivity contribution is 7.71.